The smallest absolute Gasteiger partial charge is 0.398 e. The van der Waals surface area contributed by atoms with Gasteiger partial charge in [0.2, 0.25) is 0 Å². The lowest BCUT2D eigenvalue weighted by Gasteiger charge is -2.22. The van der Waals surface area contributed by atoms with Crippen LogP contribution < -0.4 is 15.4 Å². The number of nitrogens with zero attached hydrogens (tertiary/aromatic N) is 3. The van der Waals surface area contributed by atoms with E-state index in [2.05, 4.69) is 29.7 Å². The highest BCUT2D eigenvalue weighted by atomic mass is 31.0. The van der Waals surface area contributed by atoms with Crippen molar-refractivity contribution in [1.29, 1.82) is 0 Å². The number of carbonyl (C=O) groups is 1. The quantitative estimate of drug-likeness (QED) is 0.256. The van der Waals surface area contributed by atoms with Crippen molar-refractivity contribution in [2.75, 3.05) is 6.54 Å². The summed E-state index contributed by atoms with van der Waals surface area (Å²) in [7, 11) is 2.58. The summed E-state index contributed by atoms with van der Waals surface area (Å²) in [5, 5.41) is 12.4. The van der Waals surface area contributed by atoms with Crippen molar-refractivity contribution >= 4 is 31.4 Å². The van der Waals surface area contributed by atoms with Crippen LogP contribution >= 0.6 is 9.24 Å². The number of ether oxygens (including phenoxy) is 1. The Kier molecular flexibility index (Phi) is 7.78. The fraction of sp³-hybridized carbons (Fsp3) is 0.333. The van der Waals surface area contributed by atoms with Gasteiger partial charge < -0.3 is 10.1 Å². The molecule has 1 saturated carbocycles. The minimum atomic E-state index is -4.63. The van der Waals surface area contributed by atoms with E-state index < -0.39 is 24.5 Å². The molecule has 1 aliphatic carbocycles. The topological polar surface area (TPSA) is 77.0 Å². The predicted octanol–water partition coefficient (Wildman–Crippen LogP) is 6.24. The molecule has 0 spiro atoms. The third kappa shape index (κ3) is 6.41. The molecule has 2 heterocycles. The van der Waals surface area contributed by atoms with Crippen LogP contribution in [0.5, 0.6) is 5.75 Å². The van der Waals surface area contributed by atoms with Gasteiger partial charge in [0.25, 0.3) is 5.91 Å². The van der Waals surface area contributed by atoms with Gasteiger partial charge in [0.1, 0.15) is 17.2 Å². The number of halogens is 3. The van der Waals surface area contributed by atoms with Gasteiger partial charge in [-0.1, -0.05) is 38.1 Å². The first-order valence-corrected chi connectivity index (χ1v) is 13.7. The molecule has 0 saturated heterocycles. The van der Waals surface area contributed by atoms with E-state index in [1.165, 1.54) is 12.1 Å². The number of alkyl halides is 3. The third-order valence-corrected chi connectivity index (χ3v) is 7.20. The van der Waals surface area contributed by atoms with Crippen LogP contribution in [0.3, 0.4) is 0 Å². The molecule has 2 aromatic carbocycles. The van der Waals surface area contributed by atoms with E-state index in [0.29, 0.717) is 28.0 Å². The summed E-state index contributed by atoms with van der Waals surface area (Å²) in [4.78, 5) is 17.6. The number of fused-ring (bicyclic) bond motifs is 1. The SMILES string of the molecule is Cc1cc2cc(C(=O)NC[C@H](c3cc(C(C)C)cc(-c4ccc(P)cc4)n3)C(F)(F)F)cc(OC3CC3)c2nn1. The number of amides is 1. The molecule has 1 fully saturated rings. The molecular formula is C30H30F3N4O2P. The molecule has 1 unspecified atom stereocenters. The Labute approximate surface area is 233 Å². The van der Waals surface area contributed by atoms with Gasteiger partial charge in [-0.25, -0.2) is 0 Å². The number of rotatable bonds is 8. The van der Waals surface area contributed by atoms with Crippen molar-refractivity contribution in [2.24, 2.45) is 0 Å². The minimum absolute atomic E-state index is 0.0148. The molecular weight excluding hydrogens is 536 g/mol. The van der Waals surface area contributed by atoms with E-state index >= 15 is 0 Å². The summed E-state index contributed by atoms with van der Waals surface area (Å²) in [6, 6.07) is 15.6. The predicted molar refractivity (Wildman–Crippen MR) is 152 cm³/mol. The Morgan fingerprint density at radius 3 is 2.45 bits per heavy atom. The number of aromatic nitrogens is 3. The van der Waals surface area contributed by atoms with Crippen molar-refractivity contribution in [1.82, 2.24) is 20.5 Å². The lowest BCUT2D eigenvalue weighted by molar-refractivity contribution is -0.149. The van der Waals surface area contributed by atoms with Gasteiger partial charge in [-0.3, -0.25) is 9.78 Å². The Balaban J connectivity index is 1.45. The number of hydrogen-bond acceptors (Lipinski definition) is 5. The molecule has 1 amide bonds. The van der Waals surface area contributed by atoms with Crippen LogP contribution in [0.2, 0.25) is 0 Å². The fourth-order valence-corrected chi connectivity index (χ4v) is 4.58. The molecule has 6 nitrogen and oxygen atoms in total. The molecule has 2 atom stereocenters. The number of nitrogens with one attached hydrogen (secondary N) is 1. The molecule has 1 aliphatic rings. The van der Waals surface area contributed by atoms with Crippen LogP contribution in [-0.2, 0) is 0 Å². The highest BCUT2D eigenvalue weighted by Gasteiger charge is 2.42. The van der Waals surface area contributed by atoms with Crippen LogP contribution in [0.25, 0.3) is 22.2 Å². The number of carbonyl (C=O) groups excluding carboxylic acids is 1. The highest BCUT2D eigenvalue weighted by molar-refractivity contribution is 7.27. The summed E-state index contributed by atoms with van der Waals surface area (Å²) in [5.41, 5.74) is 3.14. The van der Waals surface area contributed by atoms with Crippen LogP contribution in [0.4, 0.5) is 13.2 Å². The largest absolute Gasteiger partial charge is 0.488 e. The van der Waals surface area contributed by atoms with Crippen LogP contribution in [0.1, 0.15) is 65.8 Å². The average Bonchev–Trinajstić information content (AvgIpc) is 3.72. The van der Waals surface area contributed by atoms with E-state index in [9.17, 15) is 18.0 Å². The van der Waals surface area contributed by atoms with Crippen molar-refractivity contribution in [3.63, 3.8) is 0 Å². The minimum Gasteiger partial charge on any atom is -0.488 e. The van der Waals surface area contributed by atoms with E-state index in [4.69, 9.17) is 4.74 Å². The van der Waals surface area contributed by atoms with E-state index in [1.807, 2.05) is 44.2 Å². The van der Waals surface area contributed by atoms with E-state index in [-0.39, 0.29) is 23.3 Å². The number of aryl methyl sites for hydroxylation is 1. The molecule has 0 aliphatic heterocycles. The van der Waals surface area contributed by atoms with Gasteiger partial charge in [0, 0.05) is 23.1 Å². The molecule has 0 bridgehead atoms. The second kappa shape index (κ2) is 11.1. The van der Waals surface area contributed by atoms with Gasteiger partial charge in [-0.05, 0) is 66.9 Å². The zero-order valence-electron chi connectivity index (χ0n) is 22.4. The van der Waals surface area contributed by atoms with Gasteiger partial charge in [0.15, 0.2) is 0 Å². The van der Waals surface area contributed by atoms with Crippen molar-refractivity contribution in [3.05, 3.63) is 77.1 Å². The Morgan fingerprint density at radius 2 is 1.80 bits per heavy atom. The highest BCUT2D eigenvalue weighted by Crippen LogP contribution is 2.37. The maximum absolute atomic E-state index is 14.4. The zero-order chi connectivity index (χ0) is 28.6. The van der Waals surface area contributed by atoms with Crippen molar-refractivity contribution < 1.29 is 22.7 Å². The Morgan fingerprint density at radius 1 is 1.07 bits per heavy atom. The fourth-order valence-electron chi connectivity index (χ4n) is 4.39. The van der Waals surface area contributed by atoms with Crippen LogP contribution in [0.15, 0.2) is 54.6 Å². The Hall–Kier alpha value is -3.58. The van der Waals surface area contributed by atoms with Gasteiger partial charge in [0.05, 0.1) is 23.2 Å². The van der Waals surface area contributed by atoms with E-state index in [0.717, 1.165) is 29.3 Å². The maximum atomic E-state index is 14.4. The molecule has 2 aromatic heterocycles. The first kappa shape index (κ1) is 28.0. The summed E-state index contributed by atoms with van der Waals surface area (Å²) in [6.45, 7) is 4.96. The molecule has 5 rings (SSSR count). The summed E-state index contributed by atoms with van der Waals surface area (Å²) in [5.74, 6) is -2.25. The lowest BCUT2D eigenvalue weighted by Crippen LogP contribution is -2.35. The second-order valence-electron chi connectivity index (χ2n) is 10.5. The van der Waals surface area contributed by atoms with Crippen LogP contribution in [-0.4, -0.2) is 39.9 Å². The molecule has 1 N–H and O–H groups in total. The maximum Gasteiger partial charge on any atom is 0.398 e. The van der Waals surface area contributed by atoms with Gasteiger partial charge in [-0.2, -0.15) is 18.3 Å². The van der Waals surface area contributed by atoms with Crippen molar-refractivity contribution in [3.8, 4) is 17.0 Å². The third-order valence-electron chi connectivity index (χ3n) is 6.82. The van der Waals surface area contributed by atoms with Gasteiger partial charge >= 0.3 is 6.18 Å². The molecule has 10 heteroatoms. The standard InChI is InChI=1S/C30H30F3N4O2P/c1-16(2)19-12-25(18-4-8-23(40)9-5-18)35-26(13-19)24(30(31,32)33)15-34-29(38)21-11-20-10-17(3)36-37-28(20)27(14-21)39-22-6-7-22/h4-5,8-14,16,22,24H,6-7,15,40H2,1-3H3,(H,34,38)/t24-/m1/s1. The second-order valence-corrected chi connectivity index (χ2v) is 11.2. The van der Waals surface area contributed by atoms with E-state index in [1.54, 1.807) is 19.1 Å². The summed E-state index contributed by atoms with van der Waals surface area (Å²) >= 11 is 0. The molecule has 40 heavy (non-hydrogen) atoms. The van der Waals surface area contributed by atoms with Crippen molar-refractivity contribution in [2.45, 2.75) is 57.7 Å². The normalized spacial score (nSPS) is 14.4. The molecule has 208 valence electrons. The zero-order valence-corrected chi connectivity index (χ0v) is 23.6. The lowest BCUT2D eigenvalue weighted by atomic mass is 9.95. The van der Waals surface area contributed by atoms with Crippen LogP contribution in [0, 0.1) is 6.92 Å². The summed E-state index contributed by atoms with van der Waals surface area (Å²) < 4.78 is 49.2. The average molecular weight is 567 g/mol. The molecule has 0 radical (unpaired) electrons. The monoisotopic (exact) mass is 566 g/mol. The van der Waals surface area contributed by atoms with Gasteiger partial charge in [-0.15, -0.1) is 14.3 Å². The Bertz CT molecular complexity index is 1550. The first-order valence-electron chi connectivity index (χ1n) is 13.2. The number of pyridine rings is 1. The first-order chi connectivity index (χ1) is 19.0. The number of benzene rings is 2. The number of hydrogen-bond donors (Lipinski definition) is 1. The molecule has 4 aromatic rings. The summed E-state index contributed by atoms with van der Waals surface area (Å²) in [6.07, 6.45) is -2.79.